The van der Waals surface area contributed by atoms with Crippen molar-refractivity contribution in [3.05, 3.63) is 59.2 Å². The number of carbonyl (C=O) groups is 2. The van der Waals surface area contributed by atoms with Crippen LogP contribution in [0.3, 0.4) is 0 Å². The molecule has 0 saturated heterocycles. The second-order valence-corrected chi connectivity index (χ2v) is 8.11. The molecule has 2 heterocycles. The second kappa shape index (κ2) is 8.48. The standard InChI is InChI=1S/C21H22N4O2S/c26-20(22-12-14-1-6-19-16(11-14)8-10-28-19)15-2-4-18(5-3-15)25-21(27)17-7-9-23-24-13-17/h1,6-11,13,15,18H,2-5,12H2,(H,22,26)(H,25,27). The second-order valence-electron chi connectivity index (χ2n) is 7.16. The van der Waals surface area contributed by atoms with Crippen molar-refractivity contribution in [2.45, 2.75) is 38.3 Å². The highest BCUT2D eigenvalue weighted by molar-refractivity contribution is 7.17. The summed E-state index contributed by atoms with van der Waals surface area (Å²) < 4.78 is 1.26. The molecule has 0 radical (unpaired) electrons. The van der Waals surface area contributed by atoms with E-state index in [0.717, 1.165) is 31.2 Å². The summed E-state index contributed by atoms with van der Waals surface area (Å²) in [5, 5.41) is 16.8. The number of thiophene rings is 1. The molecule has 6 nitrogen and oxygen atoms in total. The van der Waals surface area contributed by atoms with Crippen LogP contribution in [0, 0.1) is 5.92 Å². The van der Waals surface area contributed by atoms with Crippen molar-refractivity contribution < 1.29 is 9.59 Å². The van der Waals surface area contributed by atoms with Gasteiger partial charge in [-0.2, -0.15) is 10.2 Å². The Hall–Kier alpha value is -2.80. The number of nitrogens with one attached hydrogen (secondary N) is 2. The first-order valence-electron chi connectivity index (χ1n) is 9.50. The minimum atomic E-state index is -0.133. The number of fused-ring (bicyclic) bond motifs is 1. The lowest BCUT2D eigenvalue weighted by Crippen LogP contribution is -2.40. The first-order chi connectivity index (χ1) is 13.7. The molecule has 0 atom stereocenters. The molecule has 0 bridgehead atoms. The molecule has 0 unspecified atom stereocenters. The first kappa shape index (κ1) is 18.6. The van der Waals surface area contributed by atoms with Gasteiger partial charge in [-0.15, -0.1) is 11.3 Å². The van der Waals surface area contributed by atoms with Gasteiger partial charge in [-0.3, -0.25) is 9.59 Å². The van der Waals surface area contributed by atoms with Crippen LogP contribution in [0.2, 0.25) is 0 Å². The quantitative estimate of drug-likeness (QED) is 0.695. The molecule has 0 spiro atoms. The molecule has 1 aromatic carbocycles. The predicted octanol–water partition coefficient (Wildman–Crippen LogP) is 3.30. The van der Waals surface area contributed by atoms with Crippen LogP contribution in [0.25, 0.3) is 10.1 Å². The topological polar surface area (TPSA) is 84.0 Å². The van der Waals surface area contributed by atoms with Crippen molar-refractivity contribution in [3.63, 3.8) is 0 Å². The highest BCUT2D eigenvalue weighted by Gasteiger charge is 2.27. The van der Waals surface area contributed by atoms with E-state index < -0.39 is 0 Å². The van der Waals surface area contributed by atoms with Crippen LogP contribution in [0.5, 0.6) is 0 Å². The SMILES string of the molecule is O=C(NC1CCC(C(=O)NCc2ccc3sccc3c2)CC1)c1ccnnc1. The van der Waals surface area contributed by atoms with Gasteiger partial charge in [0, 0.05) is 23.2 Å². The Morgan fingerprint density at radius 2 is 1.93 bits per heavy atom. The monoisotopic (exact) mass is 394 g/mol. The molecule has 1 saturated carbocycles. The normalized spacial score (nSPS) is 19.3. The van der Waals surface area contributed by atoms with E-state index in [9.17, 15) is 9.59 Å². The molecule has 28 heavy (non-hydrogen) atoms. The molecule has 4 rings (SSSR count). The molecule has 7 heteroatoms. The largest absolute Gasteiger partial charge is 0.352 e. The van der Waals surface area contributed by atoms with E-state index >= 15 is 0 Å². The number of rotatable bonds is 5. The molecule has 2 N–H and O–H groups in total. The maximum Gasteiger partial charge on any atom is 0.253 e. The Kier molecular flexibility index (Phi) is 5.62. The minimum absolute atomic E-state index is 0.0145. The van der Waals surface area contributed by atoms with Crippen molar-refractivity contribution in [2.24, 2.45) is 5.92 Å². The summed E-state index contributed by atoms with van der Waals surface area (Å²) in [4.78, 5) is 24.7. The van der Waals surface area contributed by atoms with Crippen LogP contribution in [-0.2, 0) is 11.3 Å². The fourth-order valence-electron chi connectivity index (χ4n) is 3.65. The average molecular weight is 395 g/mol. The van der Waals surface area contributed by atoms with Crippen LogP contribution in [0.1, 0.15) is 41.6 Å². The van der Waals surface area contributed by atoms with Gasteiger partial charge in [0.15, 0.2) is 0 Å². The number of aromatic nitrogens is 2. The zero-order valence-corrected chi connectivity index (χ0v) is 16.2. The lowest BCUT2D eigenvalue weighted by Gasteiger charge is -2.28. The Bertz CT molecular complexity index is 965. The number of hydrogen-bond donors (Lipinski definition) is 2. The number of carbonyl (C=O) groups excluding carboxylic acids is 2. The van der Waals surface area contributed by atoms with Gasteiger partial charge in [-0.05, 0) is 66.3 Å². The molecule has 1 fully saturated rings. The van der Waals surface area contributed by atoms with Gasteiger partial charge < -0.3 is 10.6 Å². The summed E-state index contributed by atoms with van der Waals surface area (Å²) in [6.45, 7) is 0.552. The average Bonchev–Trinajstić information content (AvgIpc) is 3.21. The fourth-order valence-corrected chi connectivity index (χ4v) is 4.42. The molecule has 2 aromatic heterocycles. The fraction of sp³-hybridized carbons (Fsp3) is 0.333. The van der Waals surface area contributed by atoms with E-state index in [1.165, 1.54) is 22.5 Å². The van der Waals surface area contributed by atoms with E-state index in [1.807, 2.05) is 0 Å². The summed E-state index contributed by atoms with van der Waals surface area (Å²) in [7, 11) is 0. The molecule has 1 aliphatic carbocycles. The van der Waals surface area contributed by atoms with Crippen LogP contribution in [0.15, 0.2) is 48.1 Å². The number of hydrogen-bond acceptors (Lipinski definition) is 5. The molecule has 2 amide bonds. The number of amides is 2. The van der Waals surface area contributed by atoms with Gasteiger partial charge >= 0.3 is 0 Å². The molecular weight excluding hydrogens is 372 g/mol. The third-order valence-corrected chi connectivity index (χ3v) is 6.16. The third kappa shape index (κ3) is 4.36. The Morgan fingerprint density at radius 1 is 1.07 bits per heavy atom. The predicted molar refractivity (Wildman–Crippen MR) is 109 cm³/mol. The lowest BCUT2D eigenvalue weighted by atomic mass is 9.85. The zero-order chi connectivity index (χ0) is 19.3. The van der Waals surface area contributed by atoms with Crippen molar-refractivity contribution in [2.75, 3.05) is 0 Å². The molecule has 3 aromatic rings. The van der Waals surface area contributed by atoms with Crippen LogP contribution < -0.4 is 10.6 Å². The highest BCUT2D eigenvalue weighted by atomic mass is 32.1. The zero-order valence-electron chi connectivity index (χ0n) is 15.4. The Morgan fingerprint density at radius 3 is 2.71 bits per heavy atom. The molecule has 0 aliphatic heterocycles. The summed E-state index contributed by atoms with van der Waals surface area (Å²) in [5.74, 6) is -0.0132. The highest BCUT2D eigenvalue weighted by Crippen LogP contribution is 2.25. The lowest BCUT2D eigenvalue weighted by molar-refractivity contribution is -0.126. The maximum atomic E-state index is 12.5. The van der Waals surface area contributed by atoms with Crippen molar-refractivity contribution >= 4 is 33.2 Å². The smallest absolute Gasteiger partial charge is 0.253 e. The van der Waals surface area contributed by atoms with Gasteiger partial charge in [0.05, 0.1) is 18.0 Å². The van der Waals surface area contributed by atoms with Crippen molar-refractivity contribution in [3.8, 4) is 0 Å². The van der Waals surface area contributed by atoms with Crippen molar-refractivity contribution in [1.82, 2.24) is 20.8 Å². The van der Waals surface area contributed by atoms with Crippen LogP contribution >= 0.6 is 11.3 Å². The summed E-state index contributed by atoms with van der Waals surface area (Å²) in [6, 6.07) is 10.2. The Labute approximate surface area is 167 Å². The minimum Gasteiger partial charge on any atom is -0.352 e. The third-order valence-electron chi connectivity index (χ3n) is 5.26. The summed E-state index contributed by atoms with van der Waals surface area (Å²) >= 11 is 1.72. The van der Waals surface area contributed by atoms with Gasteiger partial charge in [-0.1, -0.05) is 6.07 Å². The van der Waals surface area contributed by atoms with Crippen molar-refractivity contribution in [1.29, 1.82) is 0 Å². The van der Waals surface area contributed by atoms with Crippen LogP contribution in [-0.4, -0.2) is 28.1 Å². The molecular formula is C21H22N4O2S. The van der Waals surface area contributed by atoms with E-state index in [1.54, 1.807) is 17.4 Å². The number of nitrogens with zero attached hydrogens (tertiary/aromatic N) is 2. The van der Waals surface area contributed by atoms with Gasteiger partial charge in [-0.25, -0.2) is 0 Å². The maximum absolute atomic E-state index is 12.5. The Balaban J connectivity index is 1.24. The van der Waals surface area contributed by atoms with Gasteiger partial charge in [0.2, 0.25) is 5.91 Å². The van der Waals surface area contributed by atoms with E-state index in [4.69, 9.17) is 0 Å². The summed E-state index contributed by atoms with van der Waals surface area (Å²) in [5.41, 5.74) is 1.63. The van der Waals surface area contributed by atoms with Gasteiger partial charge in [0.25, 0.3) is 5.91 Å². The van der Waals surface area contributed by atoms with Gasteiger partial charge in [0.1, 0.15) is 0 Å². The number of benzene rings is 1. The van der Waals surface area contributed by atoms with E-state index in [0.29, 0.717) is 12.1 Å². The van der Waals surface area contributed by atoms with E-state index in [-0.39, 0.29) is 23.8 Å². The summed E-state index contributed by atoms with van der Waals surface area (Å²) in [6.07, 6.45) is 6.16. The van der Waals surface area contributed by atoms with E-state index in [2.05, 4.69) is 50.5 Å². The molecule has 144 valence electrons. The molecule has 1 aliphatic rings. The first-order valence-corrected chi connectivity index (χ1v) is 10.4. The van der Waals surface area contributed by atoms with Crippen LogP contribution in [0.4, 0.5) is 0 Å².